The number of ether oxygens (including phenoxy) is 2. The molecule has 1 aliphatic rings. The molecule has 1 atom stereocenters. The van der Waals surface area contributed by atoms with Crippen molar-refractivity contribution < 1.29 is 9.47 Å². The molecule has 1 N–H and O–H groups in total. The Bertz CT molecular complexity index is 340. The summed E-state index contributed by atoms with van der Waals surface area (Å²) in [5.41, 5.74) is 0. The topological polar surface area (TPSA) is 56.3 Å². The summed E-state index contributed by atoms with van der Waals surface area (Å²) in [4.78, 5) is 8.14. The van der Waals surface area contributed by atoms with Gasteiger partial charge in [-0.2, -0.15) is 4.98 Å². The van der Waals surface area contributed by atoms with Crippen molar-refractivity contribution in [2.24, 2.45) is 5.92 Å². The van der Waals surface area contributed by atoms with Crippen molar-refractivity contribution in [3.8, 4) is 11.9 Å². The molecule has 0 aliphatic carbocycles. The van der Waals surface area contributed by atoms with Crippen LogP contribution < -0.4 is 14.8 Å². The second-order valence-electron chi connectivity index (χ2n) is 4.23. The molecule has 17 heavy (non-hydrogen) atoms. The number of aromatic nitrogens is 2. The number of piperidine rings is 1. The van der Waals surface area contributed by atoms with E-state index in [0.717, 1.165) is 19.5 Å². The van der Waals surface area contributed by atoms with E-state index in [1.54, 1.807) is 19.4 Å². The highest BCUT2D eigenvalue weighted by Gasteiger charge is 2.12. The maximum Gasteiger partial charge on any atom is 0.319 e. The van der Waals surface area contributed by atoms with Gasteiger partial charge >= 0.3 is 6.01 Å². The lowest BCUT2D eigenvalue weighted by atomic mass is 9.97. The lowest BCUT2D eigenvalue weighted by Gasteiger charge is -2.22. The minimum absolute atomic E-state index is 0.396. The highest BCUT2D eigenvalue weighted by Crippen LogP contribution is 2.15. The third-order valence-electron chi connectivity index (χ3n) is 2.97. The Labute approximate surface area is 102 Å². The van der Waals surface area contributed by atoms with Crippen molar-refractivity contribution in [2.45, 2.75) is 19.3 Å². The Morgan fingerprint density at radius 1 is 1.53 bits per heavy atom. The summed E-state index contributed by atoms with van der Waals surface area (Å²) in [5.74, 6) is 1.25. The summed E-state index contributed by atoms with van der Waals surface area (Å²) in [7, 11) is 1.58. The fourth-order valence-corrected chi connectivity index (χ4v) is 2.00. The van der Waals surface area contributed by atoms with E-state index >= 15 is 0 Å². The Morgan fingerprint density at radius 2 is 2.47 bits per heavy atom. The van der Waals surface area contributed by atoms with Gasteiger partial charge in [-0.05, 0) is 38.3 Å². The molecule has 0 spiro atoms. The van der Waals surface area contributed by atoms with Crippen molar-refractivity contribution >= 4 is 0 Å². The third-order valence-corrected chi connectivity index (χ3v) is 2.97. The van der Waals surface area contributed by atoms with Crippen LogP contribution in [-0.2, 0) is 0 Å². The number of hydrogen-bond acceptors (Lipinski definition) is 5. The summed E-state index contributed by atoms with van der Waals surface area (Å²) >= 11 is 0. The molecule has 5 nitrogen and oxygen atoms in total. The van der Waals surface area contributed by atoms with Crippen molar-refractivity contribution in [3.05, 3.63) is 12.3 Å². The van der Waals surface area contributed by atoms with Gasteiger partial charge in [-0.25, -0.2) is 4.98 Å². The molecule has 0 radical (unpaired) electrons. The molecular formula is C12H19N3O2. The average Bonchev–Trinajstić information content (AvgIpc) is 2.40. The molecule has 1 aliphatic heterocycles. The first-order chi connectivity index (χ1) is 8.38. The van der Waals surface area contributed by atoms with E-state index in [2.05, 4.69) is 15.3 Å². The monoisotopic (exact) mass is 237 g/mol. The normalized spacial score (nSPS) is 19.9. The van der Waals surface area contributed by atoms with Gasteiger partial charge in [-0.3, -0.25) is 0 Å². The molecule has 5 heteroatoms. The minimum Gasteiger partial charge on any atom is -0.481 e. The van der Waals surface area contributed by atoms with Gasteiger partial charge in [0.2, 0.25) is 5.88 Å². The molecule has 94 valence electrons. The van der Waals surface area contributed by atoms with Gasteiger partial charge < -0.3 is 14.8 Å². The minimum atomic E-state index is 0.396. The molecule has 1 saturated heterocycles. The van der Waals surface area contributed by atoms with Gasteiger partial charge in [0.05, 0.1) is 13.7 Å². The van der Waals surface area contributed by atoms with Gasteiger partial charge in [0.25, 0.3) is 0 Å². The molecule has 0 saturated carbocycles. The van der Waals surface area contributed by atoms with Crippen LogP contribution in [0.15, 0.2) is 12.3 Å². The molecule has 2 rings (SSSR count). The lowest BCUT2D eigenvalue weighted by Crippen LogP contribution is -2.30. The largest absolute Gasteiger partial charge is 0.481 e. The highest BCUT2D eigenvalue weighted by molar-refractivity contribution is 5.10. The van der Waals surface area contributed by atoms with E-state index in [1.807, 2.05) is 0 Å². The standard InChI is InChI=1S/C12H19N3O2/c1-16-11-4-7-14-12(15-11)17-8-5-10-3-2-6-13-9-10/h4,7,10,13H,2-3,5-6,8-9H2,1H3. The Kier molecular flexibility index (Phi) is 4.55. The van der Waals surface area contributed by atoms with Crippen LogP contribution in [0.2, 0.25) is 0 Å². The van der Waals surface area contributed by atoms with Crippen LogP contribution in [0.5, 0.6) is 11.9 Å². The number of hydrogen-bond donors (Lipinski definition) is 1. The van der Waals surface area contributed by atoms with Crippen molar-refractivity contribution in [2.75, 3.05) is 26.8 Å². The number of nitrogens with one attached hydrogen (secondary N) is 1. The average molecular weight is 237 g/mol. The molecule has 0 bridgehead atoms. The smallest absolute Gasteiger partial charge is 0.319 e. The van der Waals surface area contributed by atoms with Crippen LogP contribution in [-0.4, -0.2) is 36.8 Å². The lowest BCUT2D eigenvalue weighted by molar-refractivity contribution is 0.237. The fourth-order valence-electron chi connectivity index (χ4n) is 2.00. The summed E-state index contributed by atoms with van der Waals surface area (Å²) in [6, 6.07) is 2.10. The summed E-state index contributed by atoms with van der Waals surface area (Å²) in [5, 5.41) is 3.39. The SMILES string of the molecule is COc1ccnc(OCCC2CCCNC2)n1. The van der Waals surface area contributed by atoms with E-state index in [-0.39, 0.29) is 0 Å². The summed E-state index contributed by atoms with van der Waals surface area (Å²) < 4.78 is 10.5. The molecule has 1 aromatic rings. The predicted molar refractivity (Wildman–Crippen MR) is 64.3 cm³/mol. The number of nitrogens with zero attached hydrogens (tertiary/aromatic N) is 2. The van der Waals surface area contributed by atoms with E-state index in [0.29, 0.717) is 24.4 Å². The van der Waals surface area contributed by atoms with E-state index in [4.69, 9.17) is 9.47 Å². The second kappa shape index (κ2) is 6.39. The summed E-state index contributed by atoms with van der Waals surface area (Å²) in [6.45, 7) is 2.91. The third kappa shape index (κ3) is 3.85. The highest BCUT2D eigenvalue weighted by atomic mass is 16.5. The zero-order chi connectivity index (χ0) is 11.9. The van der Waals surface area contributed by atoms with E-state index in [1.165, 1.54) is 12.8 Å². The Morgan fingerprint density at radius 3 is 3.24 bits per heavy atom. The van der Waals surface area contributed by atoms with Crippen LogP contribution >= 0.6 is 0 Å². The van der Waals surface area contributed by atoms with E-state index in [9.17, 15) is 0 Å². The maximum absolute atomic E-state index is 5.52. The molecular weight excluding hydrogens is 218 g/mol. The van der Waals surface area contributed by atoms with Crippen LogP contribution in [0.1, 0.15) is 19.3 Å². The molecule has 0 aromatic carbocycles. The first-order valence-corrected chi connectivity index (χ1v) is 6.09. The number of methoxy groups -OCH3 is 1. The maximum atomic E-state index is 5.52. The fraction of sp³-hybridized carbons (Fsp3) is 0.667. The van der Waals surface area contributed by atoms with E-state index < -0.39 is 0 Å². The zero-order valence-electron chi connectivity index (χ0n) is 10.2. The van der Waals surface area contributed by atoms with Crippen molar-refractivity contribution in [1.82, 2.24) is 15.3 Å². The second-order valence-corrected chi connectivity index (χ2v) is 4.23. The van der Waals surface area contributed by atoms with Gasteiger partial charge in [0.15, 0.2) is 0 Å². The predicted octanol–water partition coefficient (Wildman–Crippen LogP) is 1.25. The molecule has 0 amide bonds. The molecule has 1 unspecified atom stereocenters. The van der Waals surface area contributed by atoms with Crippen LogP contribution in [0.4, 0.5) is 0 Å². The molecule has 1 aromatic heterocycles. The zero-order valence-corrected chi connectivity index (χ0v) is 10.2. The van der Waals surface area contributed by atoms with Gasteiger partial charge in [0.1, 0.15) is 0 Å². The molecule has 1 fully saturated rings. The van der Waals surface area contributed by atoms with Crippen LogP contribution in [0.3, 0.4) is 0 Å². The first kappa shape index (κ1) is 12.1. The van der Waals surface area contributed by atoms with Gasteiger partial charge in [0, 0.05) is 12.3 Å². The first-order valence-electron chi connectivity index (χ1n) is 6.09. The quantitative estimate of drug-likeness (QED) is 0.835. The Hall–Kier alpha value is -1.36. The van der Waals surface area contributed by atoms with Crippen molar-refractivity contribution in [3.63, 3.8) is 0 Å². The van der Waals surface area contributed by atoms with Gasteiger partial charge in [-0.1, -0.05) is 0 Å². The Balaban J connectivity index is 1.73. The molecule has 2 heterocycles. The van der Waals surface area contributed by atoms with Crippen LogP contribution in [0.25, 0.3) is 0 Å². The van der Waals surface area contributed by atoms with Crippen molar-refractivity contribution in [1.29, 1.82) is 0 Å². The van der Waals surface area contributed by atoms with Crippen LogP contribution in [0, 0.1) is 5.92 Å². The number of rotatable bonds is 5. The van der Waals surface area contributed by atoms with Gasteiger partial charge in [-0.15, -0.1) is 0 Å². The summed E-state index contributed by atoms with van der Waals surface area (Å²) in [6.07, 6.45) is 5.24.